The van der Waals surface area contributed by atoms with Crippen molar-refractivity contribution in [2.75, 3.05) is 37.8 Å². The zero-order valence-electron chi connectivity index (χ0n) is 26.2. The van der Waals surface area contributed by atoms with E-state index in [1.807, 2.05) is 0 Å². The standard InChI is InChI=1S/C21H36N7O16P3S/c1-21(2,16(31)19(32)24-4-3-12(29)23-5-6-48)8-41-47(38,39)44-46(36,37)40-7-11-15(43-45(33,34)35)14(30)20(42-11)28-10-27-13-17(22)25-9-26-18(13)28/h9-11,14-16,20,30-31,48H,3-8H2,1-2H3,(H,23,29)(H,24,32)(H,36,37)(H,38,39)(H2,22,25,26)(H2,33,34,35)/t11-,14-,15-,16+,20-/m1/s1/i/hD. The van der Waals surface area contributed by atoms with Gasteiger partial charge in [-0.25, -0.2) is 28.6 Å². The van der Waals surface area contributed by atoms with Crippen molar-refractivity contribution in [3.8, 4) is 0 Å². The Morgan fingerprint density at radius 3 is 2.50 bits per heavy atom. The van der Waals surface area contributed by atoms with Gasteiger partial charge < -0.3 is 50.9 Å². The van der Waals surface area contributed by atoms with Gasteiger partial charge in [-0.05, 0) is 0 Å². The lowest BCUT2D eigenvalue weighted by atomic mass is 9.87. The summed E-state index contributed by atoms with van der Waals surface area (Å²) in [5.74, 6) is -1.04. The third-order valence-electron chi connectivity index (χ3n) is 6.50. The first kappa shape index (κ1) is 38.7. The molecule has 23 nitrogen and oxygen atoms in total. The minimum absolute atomic E-state index is 0.0343. The number of carbonyl (C=O) groups is 2. The Bertz CT molecular complexity index is 1620. The van der Waals surface area contributed by atoms with Crippen LogP contribution in [0, 0.1) is 5.41 Å². The van der Waals surface area contributed by atoms with Crippen molar-refractivity contribution >= 4 is 64.8 Å². The molecule has 2 amide bonds. The zero-order valence-corrected chi connectivity index (χ0v) is 28.7. The fourth-order valence-electron chi connectivity index (χ4n) is 4.13. The van der Waals surface area contributed by atoms with Crippen LogP contribution in [0.3, 0.4) is 0 Å². The van der Waals surface area contributed by atoms with E-state index in [4.69, 9.17) is 20.6 Å². The number of aromatic nitrogens is 4. The summed E-state index contributed by atoms with van der Waals surface area (Å²) >= 11 is 0.784. The SMILES string of the molecule is [2H]SCCNC(=O)CCNC(=O)[C@H](O)C(C)(C)COP(=O)(O)OP(=O)(O)OC[C@H]1O[C@@H](n2cnc3c(N)ncnc32)[C@H](O)[C@@H]1OP(=O)(O)O. The number of ether oxygens (including phenoxy) is 1. The largest absolute Gasteiger partial charge is 0.481 e. The fourth-order valence-corrected chi connectivity index (χ4v) is 7.06. The Balaban J connectivity index is 1.59. The van der Waals surface area contributed by atoms with E-state index >= 15 is 0 Å². The van der Waals surface area contributed by atoms with E-state index in [1.54, 1.807) is 0 Å². The maximum atomic E-state index is 12.6. The first-order valence-corrected chi connectivity index (χ1v) is 18.7. The maximum absolute atomic E-state index is 12.6. The quantitative estimate of drug-likeness (QED) is 0.0434. The van der Waals surface area contributed by atoms with Crippen molar-refractivity contribution in [2.24, 2.45) is 5.41 Å². The van der Waals surface area contributed by atoms with E-state index in [-0.39, 0.29) is 36.5 Å². The van der Waals surface area contributed by atoms with Crippen LogP contribution in [-0.4, -0.2) is 119 Å². The van der Waals surface area contributed by atoms with Gasteiger partial charge in [0.25, 0.3) is 0 Å². The van der Waals surface area contributed by atoms with Crippen LogP contribution in [-0.2, 0) is 45.9 Å². The summed E-state index contributed by atoms with van der Waals surface area (Å²) in [4.78, 5) is 74.7. The third kappa shape index (κ3) is 11.2. The number of phosphoric ester groups is 3. The number of fused-ring (bicyclic) bond motifs is 1. The normalized spacial score (nSPS) is 23.6. The molecule has 0 aliphatic carbocycles. The maximum Gasteiger partial charge on any atom is 0.481 e. The van der Waals surface area contributed by atoms with Crippen LogP contribution in [0.25, 0.3) is 11.2 Å². The molecule has 0 saturated carbocycles. The molecular formula is C21H36N7O16P3S. The molecule has 2 aromatic heterocycles. The Labute approximate surface area is 278 Å². The van der Waals surface area contributed by atoms with Gasteiger partial charge in [-0.3, -0.25) is 27.7 Å². The molecular weight excluding hydrogens is 731 g/mol. The number of anilines is 1. The predicted molar refractivity (Wildman–Crippen MR) is 163 cm³/mol. The van der Waals surface area contributed by atoms with Crippen molar-refractivity contribution < 1.29 is 75.7 Å². The summed E-state index contributed by atoms with van der Waals surface area (Å²) in [7, 11) is -16.3. The number of hydrogen-bond donors (Lipinski definition) is 10. The van der Waals surface area contributed by atoms with Crippen LogP contribution in [0.5, 0.6) is 0 Å². The summed E-state index contributed by atoms with van der Waals surface area (Å²) in [6.45, 7) is 0.600. The molecule has 27 heteroatoms. The predicted octanol–water partition coefficient (Wildman–Crippen LogP) is -1.67. The lowest BCUT2D eigenvalue weighted by Crippen LogP contribution is -2.46. The highest BCUT2D eigenvalue weighted by Crippen LogP contribution is 2.61. The molecule has 2 unspecified atom stereocenters. The molecule has 7 atom stereocenters. The van der Waals surface area contributed by atoms with Crippen molar-refractivity contribution in [2.45, 2.75) is 50.9 Å². The minimum atomic E-state index is -5.55. The van der Waals surface area contributed by atoms with E-state index in [9.17, 15) is 53.1 Å². The highest BCUT2D eigenvalue weighted by Gasteiger charge is 2.50. The number of phosphoric acid groups is 3. The summed E-state index contributed by atoms with van der Waals surface area (Å²) in [6.07, 6.45) is -6.81. The van der Waals surface area contributed by atoms with Crippen LogP contribution in [0.2, 0.25) is 0 Å². The highest BCUT2D eigenvalue weighted by atomic mass is 32.1. The Kier molecular flexibility index (Phi) is 13.1. The Hall–Kier alpha value is -2.11. The van der Waals surface area contributed by atoms with E-state index in [1.165, 1.54) is 13.8 Å². The Morgan fingerprint density at radius 1 is 1.15 bits per heavy atom. The minimum Gasteiger partial charge on any atom is -0.386 e. The van der Waals surface area contributed by atoms with Crippen molar-refractivity contribution in [3.63, 3.8) is 0 Å². The number of carbonyl (C=O) groups excluding carboxylic acids is 2. The molecule has 1 saturated heterocycles. The number of nitrogen functional groups attached to an aromatic ring is 1. The van der Waals surface area contributed by atoms with Crippen LogP contribution in [0.1, 0.15) is 26.5 Å². The molecule has 0 spiro atoms. The molecule has 1 aliphatic rings. The Morgan fingerprint density at radius 2 is 1.83 bits per heavy atom. The second kappa shape index (κ2) is 16.3. The first-order chi connectivity index (χ1) is 22.7. The highest BCUT2D eigenvalue weighted by molar-refractivity contribution is 7.80. The van der Waals surface area contributed by atoms with Gasteiger partial charge >= 0.3 is 23.5 Å². The molecule has 0 radical (unpaired) electrons. The first-order valence-electron chi connectivity index (χ1n) is 14.0. The number of nitrogens with two attached hydrogens (primary N) is 1. The second-order valence-corrected chi connectivity index (χ2v) is 15.4. The van der Waals surface area contributed by atoms with E-state index in [0.717, 1.165) is 29.8 Å². The number of aliphatic hydroxyl groups excluding tert-OH is 2. The summed E-state index contributed by atoms with van der Waals surface area (Å²) in [5, 5.41) is 26.1. The van der Waals surface area contributed by atoms with Crippen LogP contribution < -0.4 is 16.4 Å². The van der Waals surface area contributed by atoms with Crippen LogP contribution in [0.4, 0.5) is 5.82 Å². The molecule has 10 N–H and O–H groups in total. The van der Waals surface area contributed by atoms with Gasteiger partial charge in [0.2, 0.25) is 11.8 Å². The number of aliphatic hydroxyl groups is 2. The second-order valence-electron chi connectivity index (χ2n) is 10.8. The lowest BCUT2D eigenvalue weighted by Gasteiger charge is -2.30. The van der Waals surface area contributed by atoms with Crippen LogP contribution >= 0.6 is 36.0 Å². The van der Waals surface area contributed by atoms with Gasteiger partial charge in [0.15, 0.2) is 17.7 Å². The van der Waals surface area contributed by atoms with Gasteiger partial charge in [0.1, 0.15) is 37.4 Å². The average Bonchev–Trinajstić information content (AvgIpc) is 3.55. The topological polar surface area (TPSA) is 347 Å². The molecule has 48 heavy (non-hydrogen) atoms. The van der Waals surface area contributed by atoms with Gasteiger partial charge in [-0.15, -0.1) is 0 Å². The molecule has 1 fully saturated rings. The number of nitrogens with zero attached hydrogens (tertiary/aromatic N) is 4. The van der Waals surface area contributed by atoms with E-state index in [2.05, 4.69) is 34.4 Å². The molecule has 2 aromatic rings. The van der Waals surface area contributed by atoms with Gasteiger partial charge in [-0.2, -0.15) is 16.8 Å². The summed E-state index contributed by atoms with van der Waals surface area (Å²) in [6, 6.07) is 0. The van der Waals surface area contributed by atoms with Crippen LogP contribution in [0.15, 0.2) is 12.7 Å². The monoisotopic (exact) mass is 768 g/mol. The number of hydrogen-bond acceptors (Lipinski definition) is 17. The zero-order chi connectivity index (χ0) is 36.8. The van der Waals surface area contributed by atoms with E-state index in [0.29, 0.717) is 5.75 Å². The average molecular weight is 769 g/mol. The van der Waals surface area contributed by atoms with Gasteiger partial charge in [0, 0.05) is 30.7 Å². The molecule has 3 rings (SSSR count). The summed E-state index contributed by atoms with van der Waals surface area (Å²) in [5.41, 5.74) is 4.28. The number of imidazole rings is 1. The van der Waals surface area contributed by atoms with Gasteiger partial charge in [0.05, 0.1) is 19.5 Å². The fraction of sp³-hybridized carbons (Fsp3) is 0.667. The van der Waals surface area contributed by atoms with Crippen molar-refractivity contribution in [1.82, 2.24) is 30.2 Å². The third-order valence-corrected chi connectivity index (χ3v) is 9.81. The van der Waals surface area contributed by atoms with Gasteiger partial charge in [-0.1, -0.05) is 13.8 Å². The number of nitrogens with one attached hydrogen (secondary N) is 2. The summed E-state index contributed by atoms with van der Waals surface area (Å²) < 4.78 is 68.7. The number of rotatable bonds is 19. The molecule has 0 aromatic carbocycles. The molecule has 3 heterocycles. The van der Waals surface area contributed by atoms with Crippen molar-refractivity contribution in [3.05, 3.63) is 12.7 Å². The molecule has 1 aliphatic heterocycles. The lowest BCUT2D eigenvalue weighted by molar-refractivity contribution is -0.137. The number of amides is 2. The molecule has 272 valence electrons. The molecule has 0 bridgehead atoms. The van der Waals surface area contributed by atoms with Crippen molar-refractivity contribution in [1.29, 1.82) is 1.12 Å². The van der Waals surface area contributed by atoms with E-state index < -0.39 is 84.6 Å². The number of thiol groups is 1. The smallest absolute Gasteiger partial charge is 0.386 e.